The summed E-state index contributed by atoms with van der Waals surface area (Å²) in [4.78, 5) is 11.2. The molecule has 1 aromatic heterocycles. The van der Waals surface area contributed by atoms with Crippen LogP contribution in [0.1, 0.15) is 39.4 Å². The van der Waals surface area contributed by atoms with Crippen LogP contribution >= 0.6 is 0 Å². The SMILES string of the molecule is CCCNc1cc(N2CCC(C)(O)C2)nc(CC)n1. The highest BCUT2D eigenvalue weighted by Crippen LogP contribution is 2.26. The molecule has 0 amide bonds. The number of nitrogens with one attached hydrogen (secondary N) is 1. The van der Waals surface area contributed by atoms with E-state index in [-0.39, 0.29) is 0 Å². The first kappa shape index (κ1) is 14.1. The van der Waals surface area contributed by atoms with Crippen molar-refractivity contribution in [2.75, 3.05) is 29.9 Å². The van der Waals surface area contributed by atoms with Gasteiger partial charge in [-0.25, -0.2) is 9.97 Å². The summed E-state index contributed by atoms with van der Waals surface area (Å²) < 4.78 is 0. The molecule has 2 rings (SSSR count). The largest absolute Gasteiger partial charge is 0.388 e. The standard InChI is InChI=1S/C14H24N4O/c1-4-7-15-12-9-13(17-11(5-2)16-12)18-8-6-14(3,19)10-18/h9,19H,4-8,10H2,1-3H3,(H,15,16,17). The van der Waals surface area contributed by atoms with E-state index in [1.165, 1.54) is 0 Å². The molecule has 5 nitrogen and oxygen atoms in total. The third-order valence-corrected chi connectivity index (χ3v) is 3.41. The average Bonchev–Trinajstić information content (AvgIpc) is 2.76. The quantitative estimate of drug-likeness (QED) is 0.849. The summed E-state index contributed by atoms with van der Waals surface area (Å²) in [6.45, 7) is 8.47. The summed E-state index contributed by atoms with van der Waals surface area (Å²) in [7, 11) is 0. The van der Waals surface area contributed by atoms with Crippen LogP contribution in [0.4, 0.5) is 11.6 Å². The average molecular weight is 264 g/mol. The van der Waals surface area contributed by atoms with E-state index >= 15 is 0 Å². The van der Waals surface area contributed by atoms with Crippen LogP contribution in [0.5, 0.6) is 0 Å². The first-order valence-electron chi connectivity index (χ1n) is 7.13. The van der Waals surface area contributed by atoms with Gasteiger partial charge in [-0.2, -0.15) is 0 Å². The molecule has 1 fully saturated rings. The zero-order chi connectivity index (χ0) is 13.9. The van der Waals surface area contributed by atoms with Gasteiger partial charge in [-0.05, 0) is 19.8 Å². The Labute approximate surface area is 115 Å². The Morgan fingerprint density at radius 1 is 1.42 bits per heavy atom. The number of hydrogen-bond acceptors (Lipinski definition) is 5. The third kappa shape index (κ3) is 3.56. The summed E-state index contributed by atoms with van der Waals surface area (Å²) in [5.74, 6) is 2.65. The van der Waals surface area contributed by atoms with Gasteiger partial charge in [0.05, 0.1) is 5.60 Å². The molecule has 0 aromatic carbocycles. The molecule has 1 aliphatic heterocycles. The first-order chi connectivity index (χ1) is 9.04. The third-order valence-electron chi connectivity index (χ3n) is 3.41. The number of rotatable bonds is 5. The molecule has 0 radical (unpaired) electrons. The fraction of sp³-hybridized carbons (Fsp3) is 0.714. The van der Waals surface area contributed by atoms with Crippen molar-refractivity contribution in [3.8, 4) is 0 Å². The lowest BCUT2D eigenvalue weighted by Gasteiger charge is -2.21. The van der Waals surface area contributed by atoms with Gasteiger partial charge < -0.3 is 15.3 Å². The Morgan fingerprint density at radius 2 is 2.21 bits per heavy atom. The molecule has 1 aliphatic rings. The van der Waals surface area contributed by atoms with Crippen molar-refractivity contribution >= 4 is 11.6 Å². The molecule has 0 spiro atoms. The molecule has 0 bridgehead atoms. The molecular weight excluding hydrogens is 240 g/mol. The van der Waals surface area contributed by atoms with Crippen LogP contribution in [0, 0.1) is 0 Å². The van der Waals surface area contributed by atoms with Crippen LogP contribution in [0.25, 0.3) is 0 Å². The molecule has 1 unspecified atom stereocenters. The van der Waals surface area contributed by atoms with Gasteiger partial charge in [0.2, 0.25) is 0 Å². The Balaban J connectivity index is 2.19. The first-order valence-corrected chi connectivity index (χ1v) is 7.13. The molecule has 1 aromatic rings. The van der Waals surface area contributed by atoms with E-state index in [2.05, 4.69) is 34.0 Å². The molecule has 19 heavy (non-hydrogen) atoms. The summed E-state index contributed by atoms with van der Waals surface area (Å²) in [5.41, 5.74) is -0.603. The van der Waals surface area contributed by atoms with E-state index in [1.807, 2.05) is 13.0 Å². The highest BCUT2D eigenvalue weighted by Gasteiger charge is 2.32. The van der Waals surface area contributed by atoms with E-state index in [0.29, 0.717) is 6.54 Å². The molecule has 106 valence electrons. The van der Waals surface area contributed by atoms with Crippen molar-refractivity contribution in [3.63, 3.8) is 0 Å². The molecular formula is C14H24N4O. The number of nitrogens with zero attached hydrogens (tertiary/aromatic N) is 3. The molecule has 2 N–H and O–H groups in total. The van der Waals surface area contributed by atoms with Gasteiger partial charge in [-0.3, -0.25) is 0 Å². The lowest BCUT2D eigenvalue weighted by molar-refractivity contribution is 0.0839. The molecule has 0 aliphatic carbocycles. The minimum absolute atomic E-state index is 0.603. The van der Waals surface area contributed by atoms with Crippen LogP contribution < -0.4 is 10.2 Å². The van der Waals surface area contributed by atoms with Gasteiger partial charge in [-0.1, -0.05) is 13.8 Å². The predicted molar refractivity (Wildman–Crippen MR) is 77.6 cm³/mol. The lowest BCUT2D eigenvalue weighted by Crippen LogP contribution is -2.30. The Kier molecular flexibility index (Phi) is 4.24. The Hall–Kier alpha value is -1.36. The molecule has 0 saturated carbocycles. The van der Waals surface area contributed by atoms with Crippen molar-refractivity contribution in [1.29, 1.82) is 0 Å². The Bertz CT molecular complexity index is 433. The van der Waals surface area contributed by atoms with Crippen LogP contribution in [0.3, 0.4) is 0 Å². The summed E-state index contributed by atoms with van der Waals surface area (Å²) in [5, 5.41) is 13.4. The molecule has 1 atom stereocenters. The van der Waals surface area contributed by atoms with Gasteiger partial charge in [0.15, 0.2) is 0 Å². The Morgan fingerprint density at radius 3 is 2.79 bits per heavy atom. The van der Waals surface area contributed by atoms with Gasteiger partial charge in [0, 0.05) is 32.1 Å². The second-order valence-electron chi connectivity index (χ2n) is 5.48. The fourth-order valence-electron chi connectivity index (χ4n) is 2.29. The maximum Gasteiger partial charge on any atom is 0.134 e. The van der Waals surface area contributed by atoms with Crippen molar-refractivity contribution in [2.45, 2.75) is 45.6 Å². The van der Waals surface area contributed by atoms with Crippen molar-refractivity contribution in [2.24, 2.45) is 0 Å². The lowest BCUT2D eigenvalue weighted by atomic mass is 10.1. The van der Waals surface area contributed by atoms with Crippen molar-refractivity contribution < 1.29 is 5.11 Å². The zero-order valence-electron chi connectivity index (χ0n) is 12.1. The van der Waals surface area contributed by atoms with Crippen molar-refractivity contribution in [1.82, 2.24) is 9.97 Å². The highest BCUT2D eigenvalue weighted by atomic mass is 16.3. The highest BCUT2D eigenvalue weighted by molar-refractivity contribution is 5.50. The summed E-state index contributed by atoms with van der Waals surface area (Å²) in [6, 6.07) is 1.98. The van der Waals surface area contributed by atoms with Crippen LogP contribution in [0.15, 0.2) is 6.07 Å². The fourth-order valence-corrected chi connectivity index (χ4v) is 2.29. The smallest absolute Gasteiger partial charge is 0.134 e. The number of hydrogen-bond donors (Lipinski definition) is 2. The minimum Gasteiger partial charge on any atom is -0.388 e. The monoisotopic (exact) mass is 264 g/mol. The van der Waals surface area contributed by atoms with E-state index in [1.54, 1.807) is 0 Å². The van der Waals surface area contributed by atoms with E-state index in [0.717, 1.165) is 49.8 Å². The van der Waals surface area contributed by atoms with E-state index in [4.69, 9.17) is 0 Å². The summed E-state index contributed by atoms with van der Waals surface area (Å²) >= 11 is 0. The van der Waals surface area contributed by atoms with Crippen LogP contribution in [-0.4, -0.2) is 40.3 Å². The maximum atomic E-state index is 10.1. The van der Waals surface area contributed by atoms with Crippen LogP contribution in [0.2, 0.25) is 0 Å². The maximum absolute atomic E-state index is 10.1. The molecule has 5 heteroatoms. The molecule has 1 saturated heterocycles. The van der Waals surface area contributed by atoms with Gasteiger partial charge in [0.1, 0.15) is 17.5 Å². The van der Waals surface area contributed by atoms with E-state index < -0.39 is 5.60 Å². The predicted octanol–water partition coefficient (Wildman–Crippen LogP) is 1.82. The topological polar surface area (TPSA) is 61.3 Å². The van der Waals surface area contributed by atoms with E-state index in [9.17, 15) is 5.11 Å². The number of aryl methyl sites for hydroxylation is 1. The van der Waals surface area contributed by atoms with Gasteiger partial charge >= 0.3 is 0 Å². The zero-order valence-corrected chi connectivity index (χ0v) is 12.1. The number of aromatic nitrogens is 2. The second-order valence-corrected chi connectivity index (χ2v) is 5.48. The normalized spacial score (nSPS) is 22.8. The number of anilines is 2. The van der Waals surface area contributed by atoms with Crippen molar-refractivity contribution in [3.05, 3.63) is 11.9 Å². The number of β-amino-alcohol motifs (C(OH)–C–C–N with tert-alkyl or cyclic N) is 1. The van der Waals surface area contributed by atoms with Crippen LogP contribution in [-0.2, 0) is 6.42 Å². The van der Waals surface area contributed by atoms with Gasteiger partial charge in [0.25, 0.3) is 0 Å². The number of aliphatic hydroxyl groups is 1. The second kappa shape index (κ2) is 5.74. The molecule has 2 heterocycles. The minimum atomic E-state index is -0.603. The summed E-state index contributed by atoms with van der Waals surface area (Å²) in [6.07, 6.45) is 2.67. The van der Waals surface area contributed by atoms with Gasteiger partial charge in [-0.15, -0.1) is 0 Å².